The minimum atomic E-state index is -0.529. The number of ether oxygens (including phenoxy) is 2. The van der Waals surface area contributed by atoms with Crippen molar-refractivity contribution in [3.05, 3.63) is 64.6 Å². The Kier molecular flexibility index (Phi) is 4.96. The first-order valence-electron chi connectivity index (χ1n) is 9.25. The van der Waals surface area contributed by atoms with E-state index in [1.807, 2.05) is 48.7 Å². The SMILES string of the molecule is COc1ccc2ccccc2c1[C@@H]1Nc2ccc(Br)cc2-c2nnc(SC)nc2O1. The van der Waals surface area contributed by atoms with E-state index in [4.69, 9.17) is 9.47 Å². The molecular weight excluding hydrogens is 464 g/mol. The summed E-state index contributed by atoms with van der Waals surface area (Å²) in [4.78, 5) is 4.60. The minimum absolute atomic E-state index is 0.429. The van der Waals surface area contributed by atoms with Gasteiger partial charge in [0.25, 0.3) is 0 Å². The van der Waals surface area contributed by atoms with E-state index < -0.39 is 6.23 Å². The lowest BCUT2D eigenvalue weighted by Crippen LogP contribution is -2.18. The Morgan fingerprint density at radius 2 is 1.97 bits per heavy atom. The minimum Gasteiger partial charge on any atom is -0.496 e. The first-order valence-corrected chi connectivity index (χ1v) is 11.3. The molecule has 8 heteroatoms. The zero-order chi connectivity index (χ0) is 20.7. The number of hydrogen-bond acceptors (Lipinski definition) is 7. The molecule has 0 fully saturated rings. The highest BCUT2D eigenvalue weighted by Crippen LogP contribution is 2.43. The average molecular weight is 481 g/mol. The van der Waals surface area contributed by atoms with E-state index in [0.29, 0.717) is 16.7 Å². The molecule has 4 aromatic rings. The van der Waals surface area contributed by atoms with E-state index in [1.54, 1.807) is 7.11 Å². The highest BCUT2D eigenvalue weighted by atomic mass is 79.9. The third-order valence-electron chi connectivity index (χ3n) is 4.98. The van der Waals surface area contributed by atoms with Crippen LogP contribution in [0.1, 0.15) is 11.8 Å². The van der Waals surface area contributed by atoms with E-state index in [0.717, 1.165) is 37.8 Å². The highest BCUT2D eigenvalue weighted by molar-refractivity contribution is 9.10. The molecule has 150 valence electrons. The number of aromatic nitrogens is 3. The smallest absolute Gasteiger partial charge is 0.247 e. The van der Waals surface area contributed by atoms with E-state index in [2.05, 4.69) is 48.6 Å². The fourth-order valence-electron chi connectivity index (χ4n) is 3.61. The van der Waals surface area contributed by atoms with E-state index in [-0.39, 0.29) is 0 Å². The van der Waals surface area contributed by atoms with Crippen LogP contribution in [0, 0.1) is 0 Å². The molecule has 1 atom stereocenters. The van der Waals surface area contributed by atoms with Crippen molar-refractivity contribution in [1.82, 2.24) is 15.2 Å². The summed E-state index contributed by atoms with van der Waals surface area (Å²) in [5.74, 6) is 1.17. The quantitative estimate of drug-likeness (QED) is 0.377. The molecule has 0 radical (unpaired) electrons. The van der Waals surface area contributed by atoms with Crippen LogP contribution in [0.15, 0.2) is 64.2 Å². The van der Waals surface area contributed by atoms with Gasteiger partial charge in [-0.1, -0.05) is 58.0 Å². The molecule has 1 N–H and O–H groups in total. The highest BCUT2D eigenvalue weighted by Gasteiger charge is 2.29. The molecule has 5 rings (SSSR count). The molecule has 6 nitrogen and oxygen atoms in total. The number of benzene rings is 3. The summed E-state index contributed by atoms with van der Waals surface area (Å²) in [6.45, 7) is 0. The molecule has 0 unspecified atom stereocenters. The van der Waals surface area contributed by atoms with E-state index in [1.165, 1.54) is 11.8 Å². The third-order valence-corrected chi connectivity index (χ3v) is 6.01. The number of nitrogens with one attached hydrogen (secondary N) is 1. The Balaban J connectivity index is 1.76. The molecule has 3 aromatic carbocycles. The van der Waals surface area contributed by atoms with Crippen molar-refractivity contribution in [3.8, 4) is 22.9 Å². The van der Waals surface area contributed by atoms with E-state index in [9.17, 15) is 0 Å². The summed E-state index contributed by atoms with van der Waals surface area (Å²) in [5.41, 5.74) is 3.25. The maximum atomic E-state index is 6.43. The van der Waals surface area contributed by atoms with Crippen LogP contribution in [-0.2, 0) is 0 Å². The summed E-state index contributed by atoms with van der Waals surface area (Å²) < 4.78 is 13.1. The summed E-state index contributed by atoms with van der Waals surface area (Å²) in [6.07, 6.45) is 1.38. The molecule has 0 aliphatic carbocycles. The number of hydrogen-bond donors (Lipinski definition) is 1. The van der Waals surface area contributed by atoms with Crippen molar-refractivity contribution >= 4 is 44.2 Å². The summed E-state index contributed by atoms with van der Waals surface area (Å²) in [5, 5.41) is 14.8. The fourth-order valence-corrected chi connectivity index (χ4v) is 4.27. The predicted molar refractivity (Wildman–Crippen MR) is 122 cm³/mol. The second-order valence-electron chi connectivity index (χ2n) is 6.69. The molecule has 1 aliphatic heterocycles. The zero-order valence-corrected chi connectivity index (χ0v) is 18.6. The maximum Gasteiger partial charge on any atom is 0.247 e. The Labute approximate surface area is 186 Å². The number of thioether (sulfide) groups is 1. The molecule has 0 saturated heterocycles. The van der Waals surface area contributed by atoms with Crippen molar-refractivity contribution < 1.29 is 9.47 Å². The van der Waals surface area contributed by atoms with Crippen LogP contribution in [0.4, 0.5) is 5.69 Å². The van der Waals surface area contributed by atoms with Crippen LogP contribution in [0.3, 0.4) is 0 Å². The Morgan fingerprint density at radius 1 is 1.10 bits per heavy atom. The number of methoxy groups -OCH3 is 1. The van der Waals surface area contributed by atoms with Gasteiger partial charge < -0.3 is 14.8 Å². The van der Waals surface area contributed by atoms with Crippen molar-refractivity contribution in [2.24, 2.45) is 0 Å². The number of halogens is 1. The Hall–Kier alpha value is -2.84. The maximum absolute atomic E-state index is 6.43. The molecule has 0 amide bonds. The fraction of sp³-hybridized carbons (Fsp3) is 0.136. The summed E-state index contributed by atoms with van der Waals surface area (Å²) in [6, 6.07) is 18.1. The van der Waals surface area contributed by atoms with Gasteiger partial charge in [0.15, 0.2) is 5.69 Å². The van der Waals surface area contributed by atoms with Gasteiger partial charge in [-0.2, -0.15) is 4.98 Å². The lowest BCUT2D eigenvalue weighted by atomic mass is 10.0. The molecule has 0 bridgehead atoms. The van der Waals surface area contributed by atoms with Gasteiger partial charge in [0.2, 0.25) is 17.3 Å². The van der Waals surface area contributed by atoms with Crippen LogP contribution >= 0.6 is 27.7 Å². The third kappa shape index (κ3) is 3.26. The second kappa shape index (κ2) is 7.77. The van der Waals surface area contributed by atoms with Crippen LogP contribution in [-0.4, -0.2) is 28.5 Å². The standard InChI is InChI=1S/C22H17BrN4O2S/c1-28-17-10-7-12-5-3-4-6-14(12)18(17)20-24-16-9-8-13(23)11-15(16)19-21(29-20)25-22(30-2)27-26-19/h3-11,20,24H,1-2H3/t20-/m1/s1. The first-order chi connectivity index (χ1) is 14.7. The Bertz CT molecular complexity index is 1270. The number of nitrogens with zero attached hydrogens (tertiary/aromatic N) is 3. The normalized spacial score (nSPS) is 14.8. The first kappa shape index (κ1) is 19.1. The molecule has 0 saturated carbocycles. The molecule has 1 aliphatic rings. The lowest BCUT2D eigenvalue weighted by molar-refractivity contribution is 0.221. The van der Waals surface area contributed by atoms with Gasteiger partial charge in [0, 0.05) is 15.7 Å². The lowest BCUT2D eigenvalue weighted by Gasteiger charge is -2.23. The van der Waals surface area contributed by atoms with Crippen molar-refractivity contribution in [1.29, 1.82) is 0 Å². The van der Waals surface area contributed by atoms with Gasteiger partial charge in [-0.3, -0.25) is 0 Å². The predicted octanol–water partition coefficient (Wildman–Crippen LogP) is 5.69. The molecular formula is C22H17BrN4O2S. The van der Waals surface area contributed by atoms with Gasteiger partial charge in [-0.05, 0) is 41.3 Å². The van der Waals surface area contributed by atoms with Gasteiger partial charge in [0.05, 0.1) is 12.7 Å². The largest absolute Gasteiger partial charge is 0.496 e. The van der Waals surface area contributed by atoms with Crippen molar-refractivity contribution in [3.63, 3.8) is 0 Å². The topological polar surface area (TPSA) is 69.2 Å². The zero-order valence-electron chi connectivity index (χ0n) is 16.2. The molecule has 2 heterocycles. The van der Waals surface area contributed by atoms with Crippen LogP contribution in [0.2, 0.25) is 0 Å². The molecule has 30 heavy (non-hydrogen) atoms. The second-order valence-corrected chi connectivity index (χ2v) is 8.38. The van der Waals surface area contributed by atoms with Gasteiger partial charge in [-0.15, -0.1) is 10.2 Å². The molecule has 1 aromatic heterocycles. The van der Waals surface area contributed by atoms with Crippen molar-refractivity contribution in [2.75, 3.05) is 18.7 Å². The van der Waals surface area contributed by atoms with Gasteiger partial charge in [0.1, 0.15) is 5.75 Å². The summed E-state index contributed by atoms with van der Waals surface area (Å²) >= 11 is 4.97. The van der Waals surface area contributed by atoms with Crippen LogP contribution in [0.25, 0.3) is 22.0 Å². The summed E-state index contributed by atoms with van der Waals surface area (Å²) in [7, 11) is 1.67. The van der Waals surface area contributed by atoms with Gasteiger partial charge in [-0.25, -0.2) is 0 Å². The average Bonchev–Trinajstić information content (AvgIpc) is 2.94. The molecule has 0 spiro atoms. The monoisotopic (exact) mass is 480 g/mol. The number of fused-ring (bicyclic) bond motifs is 4. The Morgan fingerprint density at radius 3 is 2.80 bits per heavy atom. The van der Waals surface area contributed by atoms with Crippen LogP contribution < -0.4 is 14.8 Å². The van der Waals surface area contributed by atoms with Crippen LogP contribution in [0.5, 0.6) is 11.6 Å². The number of anilines is 1. The number of rotatable bonds is 3. The van der Waals surface area contributed by atoms with E-state index >= 15 is 0 Å². The van der Waals surface area contributed by atoms with Gasteiger partial charge >= 0.3 is 0 Å². The van der Waals surface area contributed by atoms with Crippen molar-refractivity contribution in [2.45, 2.75) is 11.4 Å².